The van der Waals surface area contributed by atoms with Gasteiger partial charge in [0.2, 0.25) is 5.76 Å². The number of ether oxygens (including phenoxy) is 1. The number of hydrogen-bond acceptors (Lipinski definition) is 5. The molecule has 7 nitrogen and oxygen atoms in total. The third-order valence-electron chi connectivity index (χ3n) is 5.92. The normalized spacial score (nSPS) is 14.2. The summed E-state index contributed by atoms with van der Waals surface area (Å²) in [7, 11) is 1.43. The van der Waals surface area contributed by atoms with Gasteiger partial charge in [0, 0.05) is 17.7 Å². The third kappa shape index (κ3) is 4.23. The van der Waals surface area contributed by atoms with Crippen molar-refractivity contribution in [1.29, 1.82) is 0 Å². The topological polar surface area (TPSA) is 94.6 Å². The molecule has 0 spiro atoms. The van der Waals surface area contributed by atoms with Crippen LogP contribution in [0.3, 0.4) is 0 Å². The first-order chi connectivity index (χ1) is 15.5. The molecule has 1 aliphatic rings. The van der Waals surface area contributed by atoms with Crippen molar-refractivity contribution in [2.24, 2.45) is 0 Å². The molecule has 1 fully saturated rings. The van der Waals surface area contributed by atoms with Crippen molar-refractivity contribution >= 4 is 11.6 Å². The second-order valence-corrected chi connectivity index (χ2v) is 8.12. The molecule has 1 aromatic heterocycles. The maximum atomic E-state index is 13.3. The van der Waals surface area contributed by atoms with E-state index < -0.39 is 4.92 Å². The Morgan fingerprint density at radius 3 is 2.41 bits per heavy atom. The Balaban J connectivity index is 1.90. The van der Waals surface area contributed by atoms with Crippen LogP contribution in [0.4, 0.5) is 5.69 Å². The molecule has 3 aromatic rings. The summed E-state index contributed by atoms with van der Waals surface area (Å²) in [5.41, 5.74) is 2.93. The van der Waals surface area contributed by atoms with Crippen LogP contribution in [0.1, 0.15) is 48.2 Å². The molecule has 0 bridgehead atoms. The molecule has 7 heteroatoms. The van der Waals surface area contributed by atoms with Crippen molar-refractivity contribution in [3.8, 4) is 28.2 Å². The average Bonchev–Trinajstić information content (AvgIpc) is 3.20. The van der Waals surface area contributed by atoms with Gasteiger partial charge in [-0.3, -0.25) is 14.9 Å². The smallest absolute Gasteiger partial charge is 0.293 e. The molecule has 1 aliphatic carbocycles. The summed E-state index contributed by atoms with van der Waals surface area (Å²) in [6, 6.07) is 14.1. The molecule has 32 heavy (non-hydrogen) atoms. The molecule has 0 radical (unpaired) electrons. The van der Waals surface area contributed by atoms with Gasteiger partial charge in [-0.25, -0.2) is 0 Å². The van der Waals surface area contributed by atoms with E-state index in [-0.39, 0.29) is 29.3 Å². The average molecular weight is 434 g/mol. The molecular formula is C25H26N2O5. The van der Waals surface area contributed by atoms with E-state index >= 15 is 0 Å². The van der Waals surface area contributed by atoms with Crippen LogP contribution in [0.2, 0.25) is 0 Å². The fourth-order valence-electron chi connectivity index (χ4n) is 4.30. The zero-order valence-corrected chi connectivity index (χ0v) is 18.2. The molecule has 0 aliphatic heterocycles. The van der Waals surface area contributed by atoms with Crippen LogP contribution in [0, 0.1) is 17.0 Å². The summed E-state index contributed by atoms with van der Waals surface area (Å²) >= 11 is 0. The molecular weight excluding hydrogens is 408 g/mol. The van der Waals surface area contributed by atoms with Gasteiger partial charge < -0.3 is 14.5 Å². The molecule has 0 saturated heterocycles. The van der Waals surface area contributed by atoms with Crippen LogP contribution in [-0.2, 0) is 0 Å². The molecule has 1 N–H and O–H groups in total. The van der Waals surface area contributed by atoms with Gasteiger partial charge >= 0.3 is 0 Å². The van der Waals surface area contributed by atoms with E-state index in [4.69, 9.17) is 9.15 Å². The molecule has 166 valence electrons. The van der Waals surface area contributed by atoms with Crippen LogP contribution in [0.25, 0.3) is 22.3 Å². The Morgan fingerprint density at radius 1 is 1.06 bits per heavy atom. The van der Waals surface area contributed by atoms with E-state index in [0.29, 0.717) is 16.7 Å². The Labute approximate surface area is 186 Å². The maximum Gasteiger partial charge on any atom is 0.293 e. The number of carbonyl (C=O) groups is 1. The molecule has 0 atom stereocenters. The second kappa shape index (κ2) is 9.26. The van der Waals surface area contributed by atoms with E-state index in [1.165, 1.54) is 19.6 Å². The maximum absolute atomic E-state index is 13.3. The lowest BCUT2D eigenvalue weighted by Gasteiger charge is -2.22. The highest BCUT2D eigenvalue weighted by Gasteiger charge is 2.32. The summed E-state index contributed by atoms with van der Waals surface area (Å²) in [5.74, 6) is -0.163. The van der Waals surface area contributed by atoms with Crippen molar-refractivity contribution < 1.29 is 18.9 Å². The van der Waals surface area contributed by atoms with Crippen molar-refractivity contribution in [2.45, 2.75) is 45.1 Å². The molecule has 1 amide bonds. The first kappa shape index (κ1) is 21.6. The molecule has 1 heterocycles. The van der Waals surface area contributed by atoms with Gasteiger partial charge in [0.15, 0.2) is 0 Å². The first-order valence-electron chi connectivity index (χ1n) is 10.8. The predicted octanol–water partition coefficient (Wildman–Crippen LogP) is 5.90. The van der Waals surface area contributed by atoms with Gasteiger partial charge in [-0.15, -0.1) is 0 Å². The zero-order chi connectivity index (χ0) is 22.7. The fourth-order valence-corrected chi connectivity index (χ4v) is 4.30. The number of methoxy groups -OCH3 is 1. The standard InChI is InChI=1S/C25H26N2O5/c1-16-12-14-17(15-13-16)21-22(19-10-6-7-11-20(19)27(29)30)25(31-2)32-23(21)24(28)26-18-8-4-3-5-9-18/h6-7,10-15,18H,3-5,8-9H2,1-2H3,(H,26,28). The minimum atomic E-state index is -0.442. The summed E-state index contributed by atoms with van der Waals surface area (Å²) < 4.78 is 11.4. The highest BCUT2D eigenvalue weighted by atomic mass is 16.6. The number of aryl methyl sites for hydroxylation is 1. The monoisotopic (exact) mass is 434 g/mol. The van der Waals surface area contributed by atoms with E-state index in [0.717, 1.165) is 36.8 Å². The number of benzene rings is 2. The number of amides is 1. The minimum Gasteiger partial charge on any atom is -0.468 e. The van der Waals surface area contributed by atoms with E-state index in [2.05, 4.69) is 5.32 Å². The molecule has 2 aromatic carbocycles. The second-order valence-electron chi connectivity index (χ2n) is 8.12. The predicted molar refractivity (Wildman–Crippen MR) is 122 cm³/mol. The first-order valence-corrected chi connectivity index (χ1v) is 10.8. The Morgan fingerprint density at radius 2 is 1.75 bits per heavy atom. The number of hydrogen-bond donors (Lipinski definition) is 1. The zero-order valence-electron chi connectivity index (χ0n) is 18.2. The Bertz CT molecular complexity index is 1130. The molecule has 4 rings (SSSR count). The lowest BCUT2D eigenvalue weighted by atomic mass is 9.93. The van der Waals surface area contributed by atoms with Crippen LogP contribution in [0.5, 0.6) is 5.95 Å². The molecule has 0 unspecified atom stereocenters. The minimum absolute atomic E-state index is 0.0728. The van der Waals surface area contributed by atoms with Crippen LogP contribution >= 0.6 is 0 Å². The quantitative estimate of drug-likeness (QED) is 0.385. The van der Waals surface area contributed by atoms with Crippen molar-refractivity contribution in [1.82, 2.24) is 5.32 Å². The lowest BCUT2D eigenvalue weighted by Crippen LogP contribution is -2.36. The summed E-state index contributed by atoms with van der Waals surface area (Å²) in [6.07, 6.45) is 5.20. The third-order valence-corrected chi connectivity index (χ3v) is 5.92. The van der Waals surface area contributed by atoms with Crippen LogP contribution in [-0.4, -0.2) is 24.0 Å². The number of rotatable bonds is 6. The van der Waals surface area contributed by atoms with Crippen LogP contribution < -0.4 is 10.1 Å². The highest BCUT2D eigenvalue weighted by molar-refractivity contribution is 6.05. The van der Waals surface area contributed by atoms with Gasteiger partial charge in [-0.2, -0.15) is 0 Å². The highest BCUT2D eigenvalue weighted by Crippen LogP contribution is 2.47. The van der Waals surface area contributed by atoms with E-state index in [1.807, 2.05) is 31.2 Å². The van der Waals surface area contributed by atoms with E-state index in [9.17, 15) is 14.9 Å². The van der Waals surface area contributed by atoms with Crippen molar-refractivity contribution in [3.05, 3.63) is 70.0 Å². The van der Waals surface area contributed by atoms with Gasteiger partial charge in [-0.05, 0) is 31.4 Å². The Hall–Kier alpha value is -3.61. The summed E-state index contributed by atoms with van der Waals surface area (Å²) in [6.45, 7) is 1.97. The van der Waals surface area contributed by atoms with E-state index in [1.54, 1.807) is 18.2 Å². The van der Waals surface area contributed by atoms with Crippen molar-refractivity contribution in [3.63, 3.8) is 0 Å². The fraction of sp³-hybridized carbons (Fsp3) is 0.320. The Kier molecular flexibility index (Phi) is 6.25. The van der Waals surface area contributed by atoms with Gasteiger partial charge in [0.25, 0.3) is 17.5 Å². The summed E-state index contributed by atoms with van der Waals surface area (Å²) in [4.78, 5) is 24.6. The number of nitrogens with one attached hydrogen (secondary N) is 1. The van der Waals surface area contributed by atoms with Gasteiger partial charge in [0.05, 0.1) is 23.2 Å². The number of carbonyl (C=O) groups excluding carboxylic acids is 1. The van der Waals surface area contributed by atoms with Crippen molar-refractivity contribution in [2.75, 3.05) is 7.11 Å². The number of para-hydroxylation sites is 1. The number of nitrogens with zero attached hydrogens (tertiary/aromatic N) is 1. The SMILES string of the molecule is COc1oc(C(=O)NC2CCCCC2)c(-c2ccc(C)cc2)c1-c1ccccc1[N+](=O)[O-]. The van der Waals surface area contributed by atoms with Gasteiger partial charge in [-0.1, -0.05) is 61.2 Å². The van der Waals surface area contributed by atoms with Crippen LogP contribution in [0.15, 0.2) is 52.9 Å². The lowest BCUT2D eigenvalue weighted by molar-refractivity contribution is -0.384. The largest absolute Gasteiger partial charge is 0.468 e. The van der Waals surface area contributed by atoms with Gasteiger partial charge in [0.1, 0.15) is 0 Å². The summed E-state index contributed by atoms with van der Waals surface area (Å²) in [5, 5.41) is 14.8. The number of nitro groups is 1. The number of furan rings is 1. The molecule has 1 saturated carbocycles. The number of nitro benzene ring substituents is 1.